The highest BCUT2D eigenvalue weighted by molar-refractivity contribution is 7.16. The van der Waals surface area contributed by atoms with Crippen molar-refractivity contribution in [1.82, 2.24) is 9.97 Å². The highest BCUT2D eigenvalue weighted by atomic mass is 32.1. The first-order valence-electron chi connectivity index (χ1n) is 5.66. The molecule has 0 saturated carbocycles. The van der Waals surface area contributed by atoms with Crippen LogP contribution in [0.25, 0.3) is 10.2 Å². The topological polar surface area (TPSA) is 47.0 Å². The molecule has 4 nitrogen and oxygen atoms in total. The normalized spacial score (nSPS) is 13.2. The monoisotopic (exact) mass is 251 g/mol. The van der Waals surface area contributed by atoms with Crippen molar-refractivity contribution in [2.45, 2.75) is 19.9 Å². The van der Waals surface area contributed by atoms with Crippen LogP contribution in [0.3, 0.4) is 0 Å². The molecule has 1 atom stereocenters. The van der Waals surface area contributed by atoms with Gasteiger partial charge in [0.25, 0.3) is 0 Å². The molecule has 0 saturated heterocycles. The summed E-state index contributed by atoms with van der Waals surface area (Å²) >= 11 is 1.63. The number of aromatic nitrogens is 2. The molecule has 0 radical (unpaired) electrons. The highest BCUT2D eigenvalue weighted by Crippen LogP contribution is 2.19. The zero-order valence-corrected chi connectivity index (χ0v) is 11.1. The maximum absolute atomic E-state index is 5.19. The van der Waals surface area contributed by atoms with E-state index in [1.165, 1.54) is 0 Å². The fraction of sp³-hybridized carbons (Fsp3) is 0.500. The number of methoxy groups -OCH3 is 1. The van der Waals surface area contributed by atoms with Gasteiger partial charge in [0, 0.05) is 18.7 Å². The molecule has 1 unspecified atom stereocenters. The molecule has 2 aromatic rings. The van der Waals surface area contributed by atoms with Gasteiger partial charge in [-0.1, -0.05) is 13.8 Å². The van der Waals surface area contributed by atoms with Gasteiger partial charge in [-0.2, -0.15) is 0 Å². The lowest BCUT2D eigenvalue weighted by Crippen LogP contribution is -2.31. The molecule has 1 N–H and O–H groups in total. The van der Waals surface area contributed by atoms with Crippen molar-refractivity contribution in [3.05, 3.63) is 17.6 Å². The van der Waals surface area contributed by atoms with Crippen LogP contribution < -0.4 is 5.32 Å². The van der Waals surface area contributed by atoms with Crippen molar-refractivity contribution in [2.24, 2.45) is 5.92 Å². The summed E-state index contributed by atoms with van der Waals surface area (Å²) in [7, 11) is 1.71. The van der Waals surface area contributed by atoms with Gasteiger partial charge in [-0.05, 0) is 17.4 Å². The minimum atomic E-state index is 0.234. The van der Waals surface area contributed by atoms with E-state index in [2.05, 4.69) is 29.1 Å². The Morgan fingerprint density at radius 1 is 1.47 bits per heavy atom. The molecule has 2 aromatic heterocycles. The molecule has 0 bridgehead atoms. The largest absolute Gasteiger partial charge is 0.383 e. The van der Waals surface area contributed by atoms with Gasteiger partial charge in [0.15, 0.2) is 0 Å². The molecule has 2 heterocycles. The summed E-state index contributed by atoms with van der Waals surface area (Å²) in [5.74, 6) is 1.15. The SMILES string of the molecule is COCC(Nc1ncc2ccsc2n1)C(C)C. The Morgan fingerprint density at radius 2 is 2.29 bits per heavy atom. The third-order valence-corrected chi connectivity index (χ3v) is 3.50. The number of thiophene rings is 1. The average molecular weight is 251 g/mol. The van der Waals surface area contributed by atoms with E-state index in [0.717, 1.165) is 10.2 Å². The summed E-state index contributed by atoms with van der Waals surface area (Å²) in [5, 5.41) is 6.44. The molecule has 0 aliphatic rings. The minimum Gasteiger partial charge on any atom is -0.383 e. The number of fused-ring (bicyclic) bond motifs is 1. The van der Waals surface area contributed by atoms with Gasteiger partial charge in [0.05, 0.1) is 12.6 Å². The Labute approximate surface area is 105 Å². The fourth-order valence-corrected chi connectivity index (χ4v) is 2.31. The van der Waals surface area contributed by atoms with Crippen molar-refractivity contribution < 1.29 is 4.74 Å². The number of ether oxygens (including phenoxy) is 1. The first kappa shape index (κ1) is 12.3. The minimum absolute atomic E-state index is 0.234. The van der Waals surface area contributed by atoms with Crippen molar-refractivity contribution in [1.29, 1.82) is 0 Å². The van der Waals surface area contributed by atoms with Crippen LogP contribution in [0.5, 0.6) is 0 Å². The number of hydrogen-bond acceptors (Lipinski definition) is 5. The van der Waals surface area contributed by atoms with Gasteiger partial charge >= 0.3 is 0 Å². The van der Waals surface area contributed by atoms with Gasteiger partial charge in [-0.25, -0.2) is 9.97 Å². The zero-order valence-electron chi connectivity index (χ0n) is 10.3. The van der Waals surface area contributed by atoms with Crippen LogP contribution >= 0.6 is 11.3 Å². The van der Waals surface area contributed by atoms with Crippen LogP contribution in [-0.4, -0.2) is 29.7 Å². The molecule has 0 aliphatic carbocycles. The molecular formula is C12H17N3OS. The highest BCUT2D eigenvalue weighted by Gasteiger charge is 2.14. The van der Waals surface area contributed by atoms with Crippen LogP contribution in [0.4, 0.5) is 5.95 Å². The smallest absolute Gasteiger partial charge is 0.224 e. The maximum Gasteiger partial charge on any atom is 0.224 e. The Kier molecular flexibility index (Phi) is 3.91. The Hall–Kier alpha value is -1.20. The molecule has 0 fully saturated rings. The van der Waals surface area contributed by atoms with Crippen molar-refractivity contribution >= 4 is 27.5 Å². The Bertz CT molecular complexity index is 483. The van der Waals surface area contributed by atoms with E-state index in [-0.39, 0.29) is 6.04 Å². The number of hydrogen-bond donors (Lipinski definition) is 1. The van der Waals surface area contributed by atoms with Crippen LogP contribution in [0.1, 0.15) is 13.8 Å². The molecule has 5 heteroatoms. The lowest BCUT2D eigenvalue weighted by Gasteiger charge is -2.21. The van der Waals surface area contributed by atoms with Crippen LogP contribution in [0.2, 0.25) is 0 Å². The van der Waals surface area contributed by atoms with E-state index in [4.69, 9.17) is 4.74 Å². The molecular weight excluding hydrogens is 234 g/mol. The van der Waals surface area contributed by atoms with E-state index < -0.39 is 0 Å². The molecule has 92 valence electrons. The summed E-state index contributed by atoms with van der Waals surface area (Å²) < 4.78 is 5.19. The standard InChI is InChI=1S/C12H17N3OS/c1-8(2)10(7-16-3)14-12-13-6-9-4-5-17-11(9)15-12/h4-6,8,10H,7H2,1-3H3,(H,13,14,15). The van der Waals surface area contributed by atoms with E-state index >= 15 is 0 Å². The van der Waals surface area contributed by atoms with Gasteiger partial charge in [-0.3, -0.25) is 0 Å². The van der Waals surface area contributed by atoms with Crippen LogP contribution in [0, 0.1) is 5.92 Å². The molecule has 17 heavy (non-hydrogen) atoms. The van der Waals surface area contributed by atoms with Crippen LogP contribution in [-0.2, 0) is 4.74 Å². The predicted octanol–water partition coefficient (Wildman–Crippen LogP) is 2.77. The summed E-state index contributed by atoms with van der Waals surface area (Å²) in [4.78, 5) is 9.81. The maximum atomic E-state index is 5.19. The van der Waals surface area contributed by atoms with Crippen LogP contribution in [0.15, 0.2) is 17.6 Å². The summed E-state index contributed by atoms with van der Waals surface area (Å²) in [6.07, 6.45) is 1.85. The fourth-order valence-electron chi connectivity index (χ4n) is 1.57. The molecule has 0 spiro atoms. The first-order valence-corrected chi connectivity index (χ1v) is 6.54. The Balaban J connectivity index is 2.15. The van der Waals surface area contributed by atoms with Gasteiger partial charge in [0.2, 0.25) is 5.95 Å². The third kappa shape index (κ3) is 2.92. The Morgan fingerprint density at radius 3 is 3.00 bits per heavy atom. The van der Waals surface area contributed by atoms with Gasteiger partial charge in [-0.15, -0.1) is 11.3 Å². The quantitative estimate of drug-likeness (QED) is 0.887. The van der Waals surface area contributed by atoms with E-state index in [1.807, 2.05) is 17.6 Å². The number of rotatable bonds is 5. The van der Waals surface area contributed by atoms with E-state index in [0.29, 0.717) is 18.5 Å². The van der Waals surface area contributed by atoms with Crippen molar-refractivity contribution in [3.8, 4) is 0 Å². The molecule has 0 amide bonds. The van der Waals surface area contributed by atoms with E-state index in [9.17, 15) is 0 Å². The molecule has 0 aliphatic heterocycles. The second-order valence-corrected chi connectivity index (χ2v) is 5.22. The lowest BCUT2D eigenvalue weighted by atomic mass is 10.1. The lowest BCUT2D eigenvalue weighted by molar-refractivity contribution is 0.171. The molecule has 0 aromatic carbocycles. The van der Waals surface area contributed by atoms with Gasteiger partial charge < -0.3 is 10.1 Å². The van der Waals surface area contributed by atoms with Crippen molar-refractivity contribution in [3.63, 3.8) is 0 Å². The second kappa shape index (κ2) is 5.42. The third-order valence-electron chi connectivity index (χ3n) is 2.67. The average Bonchev–Trinajstić information content (AvgIpc) is 2.75. The number of nitrogens with zero attached hydrogens (tertiary/aromatic N) is 2. The molecule has 2 rings (SSSR count). The number of nitrogens with one attached hydrogen (secondary N) is 1. The summed E-state index contributed by atoms with van der Waals surface area (Å²) in [6, 6.07) is 2.26. The van der Waals surface area contributed by atoms with Crippen molar-refractivity contribution in [2.75, 3.05) is 19.0 Å². The summed E-state index contributed by atoms with van der Waals surface area (Å²) in [5.41, 5.74) is 0. The second-order valence-electron chi connectivity index (χ2n) is 4.32. The van der Waals surface area contributed by atoms with E-state index in [1.54, 1.807) is 18.4 Å². The number of anilines is 1. The zero-order chi connectivity index (χ0) is 12.3. The van der Waals surface area contributed by atoms with Gasteiger partial charge in [0.1, 0.15) is 4.83 Å². The summed E-state index contributed by atoms with van der Waals surface area (Å²) in [6.45, 7) is 4.96. The predicted molar refractivity (Wildman–Crippen MR) is 71.5 cm³/mol. The first-order chi connectivity index (χ1) is 8.20.